The molecule has 0 radical (unpaired) electrons. The van der Waals surface area contributed by atoms with E-state index in [1.54, 1.807) is 16.2 Å². The van der Waals surface area contributed by atoms with Gasteiger partial charge >= 0.3 is 0 Å². The molecule has 0 bridgehead atoms. The van der Waals surface area contributed by atoms with Crippen LogP contribution in [0, 0.1) is 11.8 Å². The SMILES string of the molecule is CC(C)C(=O)N(CC(=O)N1CCc2sccc2C1COc1ccc(C(C)C)cc1)CC1CC1. The largest absolute Gasteiger partial charge is 0.491 e. The van der Waals surface area contributed by atoms with Crippen LogP contribution in [0.1, 0.15) is 68.5 Å². The van der Waals surface area contributed by atoms with Crippen molar-refractivity contribution in [3.8, 4) is 5.75 Å². The van der Waals surface area contributed by atoms with Gasteiger partial charge in [-0.25, -0.2) is 0 Å². The molecule has 1 aliphatic carbocycles. The van der Waals surface area contributed by atoms with Crippen molar-refractivity contribution in [2.24, 2.45) is 11.8 Å². The van der Waals surface area contributed by atoms with E-state index in [9.17, 15) is 9.59 Å². The molecule has 178 valence electrons. The quantitative estimate of drug-likeness (QED) is 0.504. The van der Waals surface area contributed by atoms with Crippen molar-refractivity contribution in [3.05, 3.63) is 51.7 Å². The van der Waals surface area contributed by atoms with Gasteiger partial charge in [0.15, 0.2) is 0 Å². The molecule has 4 rings (SSSR count). The molecule has 0 N–H and O–H groups in total. The van der Waals surface area contributed by atoms with E-state index in [1.165, 1.54) is 16.0 Å². The third kappa shape index (κ3) is 5.78. The summed E-state index contributed by atoms with van der Waals surface area (Å²) in [6, 6.07) is 10.2. The lowest BCUT2D eigenvalue weighted by atomic mass is 10.00. The average Bonchev–Trinajstić information content (AvgIpc) is 3.48. The molecule has 2 heterocycles. The van der Waals surface area contributed by atoms with Crippen LogP contribution in [0.15, 0.2) is 35.7 Å². The normalized spacial score (nSPS) is 17.9. The molecule has 1 aromatic heterocycles. The summed E-state index contributed by atoms with van der Waals surface area (Å²) in [7, 11) is 0. The fraction of sp³-hybridized carbons (Fsp3) is 0.556. The van der Waals surface area contributed by atoms with E-state index in [0.29, 0.717) is 31.5 Å². The minimum atomic E-state index is -0.130. The van der Waals surface area contributed by atoms with Crippen molar-refractivity contribution in [2.75, 3.05) is 26.2 Å². The van der Waals surface area contributed by atoms with Crippen LogP contribution in [0.2, 0.25) is 0 Å². The lowest BCUT2D eigenvalue weighted by Gasteiger charge is -2.37. The van der Waals surface area contributed by atoms with Gasteiger partial charge in [-0.1, -0.05) is 39.8 Å². The molecular formula is C27H36N2O3S. The van der Waals surface area contributed by atoms with Gasteiger partial charge in [0.25, 0.3) is 0 Å². The molecule has 1 fully saturated rings. The summed E-state index contributed by atoms with van der Waals surface area (Å²) in [6.07, 6.45) is 3.17. The smallest absolute Gasteiger partial charge is 0.242 e. The fourth-order valence-corrected chi connectivity index (χ4v) is 5.39. The van der Waals surface area contributed by atoms with Crippen LogP contribution >= 0.6 is 11.3 Å². The Labute approximate surface area is 201 Å². The number of ether oxygens (including phenoxy) is 1. The topological polar surface area (TPSA) is 49.9 Å². The number of carbonyl (C=O) groups excluding carboxylic acids is 2. The summed E-state index contributed by atoms with van der Waals surface area (Å²) in [5.74, 6) is 1.84. The molecule has 2 amide bonds. The van der Waals surface area contributed by atoms with E-state index in [-0.39, 0.29) is 30.3 Å². The van der Waals surface area contributed by atoms with Gasteiger partial charge < -0.3 is 14.5 Å². The molecule has 33 heavy (non-hydrogen) atoms. The summed E-state index contributed by atoms with van der Waals surface area (Å²) in [4.78, 5) is 31.3. The first kappa shape index (κ1) is 23.8. The van der Waals surface area contributed by atoms with E-state index in [4.69, 9.17) is 4.74 Å². The van der Waals surface area contributed by atoms with Gasteiger partial charge in [0.2, 0.25) is 11.8 Å². The molecule has 6 heteroatoms. The van der Waals surface area contributed by atoms with Crippen LogP contribution < -0.4 is 4.74 Å². The number of thiophene rings is 1. The first-order valence-electron chi connectivity index (χ1n) is 12.2. The lowest BCUT2D eigenvalue weighted by Crippen LogP contribution is -2.49. The van der Waals surface area contributed by atoms with Gasteiger partial charge in [0, 0.05) is 23.9 Å². The van der Waals surface area contributed by atoms with Crippen molar-refractivity contribution < 1.29 is 14.3 Å². The average molecular weight is 469 g/mol. The van der Waals surface area contributed by atoms with Crippen molar-refractivity contribution in [1.29, 1.82) is 0 Å². The highest BCUT2D eigenvalue weighted by molar-refractivity contribution is 7.10. The molecule has 1 aromatic carbocycles. The van der Waals surface area contributed by atoms with Crippen LogP contribution in [-0.2, 0) is 16.0 Å². The molecule has 0 spiro atoms. The van der Waals surface area contributed by atoms with Gasteiger partial charge in [0.05, 0.1) is 12.6 Å². The number of amides is 2. The van der Waals surface area contributed by atoms with E-state index in [1.807, 2.05) is 30.9 Å². The Morgan fingerprint density at radius 1 is 1.12 bits per heavy atom. The zero-order chi connectivity index (χ0) is 23.5. The minimum Gasteiger partial charge on any atom is -0.491 e. The highest BCUT2D eigenvalue weighted by Crippen LogP contribution is 2.35. The first-order chi connectivity index (χ1) is 15.8. The molecule has 1 atom stereocenters. The third-order valence-corrected chi connectivity index (χ3v) is 7.67. The van der Waals surface area contributed by atoms with Gasteiger partial charge in [-0.3, -0.25) is 9.59 Å². The van der Waals surface area contributed by atoms with Crippen molar-refractivity contribution in [2.45, 2.75) is 58.9 Å². The highest BCUT2D eigenvalue weighted by atomic mass is 32.1. The van der Waals surface area contributed by atoms with Gasteiger partial charge in [-0.15, -0.1) is 11.3 Å². The maximum Gasteiger partial charge on any atom is 0.242 e. The predicted molar refractivity (Wildman–Crippen MR) is 133 cm³/mol. The summed E-state index contributed by atoms with van der Waals surface area (Å²) < 4.78 is 6.18. The maximum absolute atomic E-state index is 13.5. The molecule has 2 aliphatic rings. The zero-order valence-electron chi connectivity index (χ0n) is 20.3. The number of rotatable bonds is 9. The van der Waals surface area contributed by atoms with Gasteiger partial charge in [0.1, 0.15) is 12.4 Å². The second kappa shape index (κ2) is 10.3. The van der Waals surface area contributed by atoms with Crippen molar-refractivity contribution in [3.63, 3.8) is 0 Å². The highest BCUT2D eigenvalue weighted by Gasteiger charge is 2.35. The molecule has 1 unspecified atom stereocenters. The van der Waals surface area contributed by atoms with Crippen LogP contribution in [0.5, 0.6) is 5.75 Å². The Morgan fingerprint density at radius 3 is 2.48 bits per heavy atom. The summed E-state index contributed by atoms with van der Waals surface area (Å²) in [6.45, 7) is 10.1. The van der Waals surface area contributed by atoms with E-state index < -0.39 is 0 Å². The van der Waals surface area contributed by atoms with Crippen LogP contribution in [0.25, 0.3) is 0 Å². The molecular weight excluding hydrogens is 432 g/mol. The Hall–Kier alpha value is -2.34. The monoisotopic (exact) mass is 468 g/mol. The second-order valence-electron chi connectivity index (χ2n) is 10.0. The third-order valence-electron chi connectivity index (χ3n) is 6.68. The van der Waals surface area contributed by atoms with Gasteiger partial charge in [-0.05, 0) is 65.8 Å². The molecule has 0 saturated heterocycles. The number of benzene rings is 1. The summed E-state index contributed by atoms with van der Waals surface area (Å²) >= 11 is 1.75. The fourth-order valence-electron chi connectivity index (χ4n) is 4.46. The summed E-state index contributed by atoms with van der Waals surface area (Å²) in [5, 5.41) is 2.10. The number of carbonyl (C=O) groups is 2. The van der Waals surface area contributed by atoms with E-state index in [2.05, 4.69) is 37.4 Å². The minimum absolute atomic E-state index is 0.0188. The van der Waals surface area contributed by atoms with Crippen LogP contribution in [-0.4, -0.2) is 47.9 Å². The number of nitrogens with zero attached hydrogens (tertiary/aromatic N) is 2. The Balaban J connectivity index is 1.48. The van der Waals surface area contributed by atoms with Crippen molar-refractivity contribution in [1.82, 2.24) is 9.80 Å². The van der Waals surface area contributed by atoms with Crippen LogP contribution in [0.4, 0.5) is 0 Å². The molecule has 1 saturated carbocycles. The Kier molecular flexibility index (Phi) is 7.42. The molecule has 1 aliphatic heterocycles. The predicted octanol–water partition coefficient (Wildman–Crippen LogP) is 5.27. The standard InChI is InChI=1S/C27H36N2O3S/c1-18(2)21-7-9-22(10-8-21)32-17-24-23-12-14-33-25(23)11-13-29(24)26(30)16-28(15-20-5-6-20)27(31)19(3)4/h7-10,12,14,18-20,24H,5-6,11,13,15-17H2,1-4H3. The Morgan fingerprint density at radius 2 is 1.85 bits per heavy atom. The van der Waals surface area contributed by atoms with E-state index in [0.717, 1.165) is 25.0 Å². The second-order valence-corrected chi connectivity index (χ2v) is 11.0. The summed E-state index contributed by atoms with van der Waals surface area (Å²) in [5.41, 5.74) is 2.46. The van der Waals surface area contributed by atoms with Crippen LogP contribution in [0.3, 0.4) is 0 Å². The van der Waals surface area contributed by atoms with Crippen molar-refractivity contribution >= 4 is 23.2 Å². The number of fused-ring (bicyclic) bond motifs is 1. The molecule has 5 nitrogen and oxygen atoms in total. The number of hydrogen-bond acceptors (Lipinski definition) is 4. The first-order valence-corrected chi connectivity index (χ1v) is 13.1. The van der Waals surface area contributed by atoms with Gasteiger partial charge in [-0.2, -0.15) is 0 Å². The molecule has 2 aromatic rings. The lowest BCUT2D eigenvalue weighted by molar-refractivity contribution is -0.144. The van der Waals surface area contributed by atoms with E-state index >= 15 is 0 Å². The maximum atomic E-state index is 13.5. The zero-order valence-corrected chi connectivity index (χ0v) is 21.1. The number of hydrogen-bond donors (Lipinski definition) is 0. The Bertz CT molecular complexity index is 962.